The summed E-state index contributed by atoms with van der Waals surface area (Å²) in [5.41, 5.74) is 7.92. The Labute approximate surface area is 230 Å². The molecule has 36 heavy (non-hydrogen) atoms. The quantitative estimate of drug-likeness (QED) is 0.286. The van der Waals surface area contributed by atoms with E-state index in [1.165, 1.54) is 28.0 Å². The Morgan fingerprint density at radius 3 is 2.56 bits per heavy atom. The van der Waals surface area contributed by atoms with Crippen LogP contribution in [0.3, 0.4) is 0 Å². The van der Waals surface area contributed by atoms with E-state index in [1.807, 2.05) is 42.9 Å². The number of fused-ring (bicyclic) bond motifs is 3. The van der Waals surface area contributed by atoms with Crippen molar-refractivity contribution in [1.82, 2.24) is 4.57 Å². The van der Waals surface area contributed by atoms with Crippen LogP contribution < -0.4 is 19.8 Å². The molecule has 0 unspecified atom stereocenters. The van der Waals surface area contributed by atoms with Crippen LogP contribution in [0.15, 0.2) is 91.0 Å². The molecule has 0 amide bonds. The van der Waals surface area contributed by atoms with Crippen molar-refractivity contribution in [3.8, 4) is 0 Å². The summed E-state index contributed by atoms with van der Waals surface area (Å²) in [5.74, 6) is 0. The second-order valence-electron chi connectivity index (χ2n) is 9.27. The van der Waals surface area contributed by atoms with Crippen molar-refractivity contribution in [1.29, 1.82) is 0 Å². The largest absolute Gasteiger partial charge is 0.377 e. The van der Waals surface area contributed by atoms with Crippen molar-refractivity contribution in [3.05, 3.63) is 123 Å². The van der Waals surface area contributed by atoms with E-state index in [4.69, 9.17) is 4.99 Å². The van der Waals surface area contributed by atoms with Crippen LogP contribution in [0.25, 0.3) is 11.8 Å². The van der Waals surface area contributed by atoms with Gasteiger partial charge in [-0.15, -0.1) is 0 Å². The average Bonchev–Trinajstić information content (AvgIpc) is 3.17. The Balaban J connectivity index is 1.58. The zero-order valence-electron chi connectivity index (χ0n) is 19.8. The molecule has 0 spiro atoms. The van der Waals surface area contributed by atoms with E-state index in [0.717, 1.165) is 49.1 Å². The van der Waals surface area contributed by atoms with Crippen molar-refractivity contribution >= 4 is 60.7 Å². The molecule has 0 fully saturated rings. The Hall–Kier alpha value is -2.74. The standard InChI is InChI=1S/C29H23Br2N3OS/c1-33(2)24-14-7-17(15-23(24)31)16-25-28(35)34-27(19-8-11-20(30)12-9-19)22-13-10-18-5-3-4-6-21(18)26(22)32-29(34)36-25/h3-9,11-12,14-16,27H,10,13H2,1-2H3/b25-16-/t27-/m0/s1. The molecule has 2 aliphatic rings. The Morgan fingerprint density at radius 2 is 1.81 bits per heavy atom. The van der Waals surface area contributed by atoms with Crippen molar-refractivity contribution in [2.24, 2.45) is 4.99 Å². The van der Waals surface area contributed by atoms with E-state index < -0.39 is 0 Å². The van der Waals surface area contributed by atoms with Crippen LogP contribution in [0, 0.1) is 0 Å². The molecule has 2 heterocycles. The van der Waals surface area contributed by atoms with Crippen molar-refractivity contribution < 1.29 is 0 Å². The first-order valence-corrected chi connectivity index (χ1v) is 14.2. The molecule has 3 aromatic carbocycles. The average molecular weight is 621 g/mol. The van der Waals surface area contributed by atoms with Gasteiger partial charge in [-0.2, -0.15) is 0 Å². The summed E-state index contributed by atoms with van der Waals surface area (Å²) in [6, 6.07) is 22.8. The number of aromatic nitrogens is 1. The van der Waals surface area contributed by atoms with Gasteiger partial charge in [-0.1, -0.05) is 69.7 Å². The van der Waals surface area contributed by atoms with E-state index in [0.29, 0.717) is 4.53 Å². The smallest absolute Gasteiger partial charge is 0.271 e. The lowest BCUT2D eigenvalue weighted by atomic mass is 9.83. The fraction of sp³-hybridized carbons (Fsp3) is 0.172. The molecule has 1 aromatic heterocycles. The molecule has 1 aliphatic heterocycles. The molecular weight excluding hydrogens is 598 g/mol. The summed E-state index contributed by atoms with van der Waals surface area (Å²) in [6.07, 6.45) is 3.82. The highest BCUT2D eigenvalue weighted by Gasteiger charge is 2.32. The molecule has 1 aliphatic carbocycles. The number of rotatable bonds is 3. The van der Waals surface area contributed by atoms with E-state index >= 15 is 0 Å². The third-order valence-corrected chi connectivity index (χ3v) is 8.96. The number of anilines is 1. The molecule has 4 nitrogen and oxygen atoms in total. The fourth-order valence-electron chi connectivity index (χ4n) is 5.09. The minimum absolute atomic E-state index is 0.00452. The Bertz CT molecular complexity index is 1710. The molecule has 0 N–H and O–H groups in total. The van der Waals surface area contributed by atoms with Crippen LogP contribution in [0.4, 0.5) is 5.69 Å². The van der Waals surface area contributed by atoms with Crippen LogP contribution in [0.1, 0.15) is 34.7 Å². The highest BCUT2D eigenvalue weighted by Crippen LogP contribution is 2.41. The molecule has 7 heteroatoms. The molecule has 4 aromatic rings. The molecule has 180 valence electrons. The first-order chi connectivity index (χ1) is 17.4. The summed E-state index contributed by atoms with van der Waals surface area (Å²) in [6.45, 7) is 0. The van der Waals surface area contributed by atoms with Gasteiger partial charge in [-0.25, -0.2) is 4.99 Å². The van der Waals surface area contributed by atoms with E-state index in [1.54, 1.807) is 0 Å². The number of aryl methyl sites for hydroxylation is 1. The number of thiazole rings is 1. The lowest BCUT2D eigenvalue weighted by molar-refractivity contribution is 0.585. The zero-order chi connectivity index (χ0) is 25.0. The minimum Gasteiger partial charge on any atom is -0.377 e. The maximum Gasteiger partial charge on any atom is 0.271 e. The summed E-state index contributed by atoms with van der Waals surface area (Å²) in [4.78, 5) is 21.8. The minimum atomic E-state index is -0.164. The van der Waals surface area contributed by atoms with Gasteiger partial charge < -0.3 is 4.90 Å². The van der Waals surface area contributed by atoms with Crippen molar-refractivity contribution in [2.45, 2.75) is 18.9 Å². The van der Waals surface area contributed by atoms with E-state index in [-0.39, 0.29) is 11.6 Å². The number of hydrogen-bond donors (Lipinski definition) is 0. The predicted molar refractivity (Wildman–Crippen MR) is 155 cm³/mol. The summed E-state index contributed by atoms with van der Waals surface area (Å²) < 4.78 is 4.60. The van der Waals surface area contributed by atoms with Gasteiger partial charge in [-0.3, -0.25) is 9.36 Å². The summed E-state index contributed by atoms with van der Waals surface area (Å²) in [5, 5.41) is 0. The monoisotopic (exact) mass is 619 g/mol. The zero-order valence-corrected chi connectivity index (χ0v) is 23.8. The van der Waals surface area contributed by atoms with Gasteiger partial charge in [0, 0.05) is 28.6 Å². The van der Waals surface area contributed by atoms with Gasteiger partial charge in [0.1, 0.15) is 0 Å². The first kappa shape index (κ1) is 23.6. The third kappa shape index (κ3) is 4.03. The number of nitrogens with zero attached hydrogens (tertiary/aromatic N) is 3. The maximum atomic E-state index is 13.9. The number of allylic oxidation sites excluding steroid dienone is 1. The highest BCUT2D eigenvalue weighted by atomic mass is 79.9. The second-order valence-corrected chi connectivity index (χ2v) is 12.0. The summed E-state index contributed by atoms with van der Waals surface area (Å²) in [7, 11) is 4.03. The highest BCUT2D eigenvalue weighted by molar-refractivity contribution is 9.10. The van der Waals surface area contributed by atoms with Crippen LogP contribution in [-0.2, 0) is 6.42 Å². The topological polar surface area (TPSA) is 37.6 Å². The first-order valence-electron chi connectivity index (χ1n) is 11.8. The lowest BCUT2D eigenvalue weighted by Gasteiger charge is -2.30. The molecule has 0 saturated carbocycles. The molecule has 0 bridgehead atoms. The fourth-order valence-corrected chi connectivity index (χ4v) is 7.11. The maximum absolute atomic E-state index is 13.9. The van der Waals surface area contributed by atoms with Gasteiger partial charge in [0.2, 0.25) is 0 Å². The number of benzene rings is 3. The van der Waals surface area contributed by atoms with Crippen LogP contribution in [0.2, 0.25) is 0 Å². The summed E-state index contributed by atoms with van der Waals surface area (Å²) >= 11 is 8.69. The molecular formula is C29H23Br2N3OS. The molecule has 1 atom stereocenters. The van der Waals surface area contributed by atoms with E-state index in [9.17, 15) is 4.79 Å². The van der Waals surface area contributed by atoms with Gasteiger partial charge in [0.25, 0.3) is 5.56 Å². The molecule has 0 saturated heterocycles. The molecule has 6 rings (SSSR count). The van der Waals surface area contributed by atoms with Gasteiger partial charge in [0.15, 0.2) is 4.80 Å². The van der Waals surface area contributed by atoms with Crippen LogP contribution >= 0.6 is 43.2 Å². The lowest BCUT2D eigenvalue weighted by Crippen LogP contribution is -2.38. The van der Waals surface area contributed by atoms with Crippen LogP contribution in [0.5, 0.6) is 0 Å². The SMILES string of the molecule is CN(C)c1ccc(/C=c2\sc3n(c2=O)[C@@H](c2ccc(Br)cc2)C2=C(N=3)c3ccccc3CC2)cc1Br. The predicted octanol–water partition coefficient (Wildman–Crippen LogP) is 5.91. The van der Waals surface area contributed by atoms with Crippen LogP contribution in [-0.4, -0.2) is 18.7 Å². The van der Waals surface area contributed by atoms with E-state index in [2.05, 4.69) is 85.3 Å². The van der Waals surface area contributed by atoms with Crippen molar-refractivity contribution in [3.63, 3.8) is 0 Å². The normalized spacial score (nSPS) is 16.8. The Kier molecular flexibility index (Phi) is 6.10. The number of hydrogen-bond acceptors (Lipinski definition) is 4. The Morgan fingerprint density at radius 1 is 1.03 bits per heavy atom. The van der Waals surface area contributed by atoms with Gasteiger partial charge in [-0.05, 0) is 81.4 Å². The molecule has 0 radical (unpaired) electrons. The van der Waals surface area contributed by atoms with Gasteiger partial charge in [0.05, 0.1) is 22.0 Å². The second kappa shape index (κ2) is 9.29. The van der Waals surface area contributed by atoms with Crippen molar-refractivity contribution in [2.75, 3.05) is 19.0 Å². The van der Waals surface area contributed by atoms with Gasteiger partial charge >= 0.3 is 0 Å². The third-order valence-electron chi connectivity index (χ3n) is 6.81. The number of halogens is 2.